The van der Waals surface area contributed by atoms with Crippen molar-refractivity contribution >= 4 is 16.5 Å². The first-order valence-electron chi connectivity index (χ1n) is 7.32. The Bertz CT molecular complexity index is 428. The number of rotatable bonds is 3. The molecule has 0 aromatic carbocycles. The maximum absolute atomic E-state index is 6.15. The normalized spacial score (nSPS) is 27.1. The highest BCUT2D eigenvalue weighted by Crippen LogP contribution is 2.35. The summed E-state index contributed by atoms with van der Waals surface area (Å²) >= 11 is 1.82. The lowest BCUT2D eigenvalue weighted by Crippen LogP contribution is -2.33. The van der Waals surface area contributed by atoms with Crippen molar-refractivity contribution < 1.29 is 4.74 Å². The fraction of sp³-hybridized carbons (Fsp3) is 0.786. The molecule has 1 aromatic heterocycles. The van der Waals surface area contributed by atoms with Gasteiger partial charge in [-0.05, 0) is 38.5 Å². The summed E-state index contributed by atoms with van der Waals surface area (Å²) in [5, 5.41) is 1.11. The Hall–Kier alpha value is -0.650. The van der Waals surface area contributed by atoms with E-state index < -0.39 is 0 Å². The Morgan fingerprint density at radius 1 is 1.37 bits per heavy atom. The van der Waals surface area contributed by atoms with Crippen LogP contribution in [0.3, 0.4) is 0 Å². The van der Waals surface area contributed by atoms with Crippen LogP contribution in [0.25, 0.3) is 0 Å². The predicted octanol–water partition coefficient (Wildman–Crippen LogP) is 2.48. The van der Waals surface area contributed by atoms with Gasteiger partial charge in [0, 0.05) is 31.1 Å². The highest BCUT2D eigenvalue weighted by atomic mass is 32.1. The van der Waals surface area contributed by atoms with Gasteiger partial charge in [-0.2, -0.15) is 0 Å². The Kier molecular flexibility index (Phi) is 4.05. The molecule has 106 valence electrons. The zero-order valence-corrected chi connectivity index (χ0v) is 12.4. The van der Waals surface area contributed by atoms with Gasteiger partial charge in [0.1, 0.15) is 0 Å². The van der Waals surface area contributed by atoms with Gasteiger partial charge in [0.05, 0.1) is 11.8 Å². The van der Waals surface area contributed by atoms with Crippen molar-refractivity contribution in [2.75, 3.05) is 25.1 Å². The largest absolute Gasteiger partial charge is 0.376 e. The second-order valence-electron chi connectivity index (χ2n) is 5.67. The molecule has 2 heterocycles. The van der Waals surface area contributed by atoms with Crippen LogP contribution in [0, 0.1) is 0 Å². The van der Waals surface area contributed by atoms with Crippen molar-refractivity contribution in [3.05, 3.63) is 10.6 Å². The summed E-state index contributed by atoms with van der Waals surface area (Å²) in [6.45, 7) is 1.86. The summed E-state index contributed by atoms with van der Waals surface area (Å²) in [5.41, 5.74) is 7.29. The van der Waals surface area contributed by atoms with Crippen LogP contribution in [-0.4, -0.2) is 31.3 Å². The summed E-state index contributed by atoms with van der Waals surface area (Å²) in [6, 6.07) is 0.146. The number of ether oxygens (including phenoxy) is 1. The molecule has 19 heavy (non-hydrogen) atoms. The number of anilines is 1. The van der Waals surface area contributed by atoms with E-state index in [0.29, 0.717) is 6.10 Å². The van der Waals surface area contributed by atoms with Gasteiger partial charge in [-0.15, -0.1) is 11.3 Å². The molecule has 2 aliphatic rings. The first kappa shape index (κ1) is 13.3. The van der Waals surface area contributed by atoms with Crippen LogP contribution in [0.5, 0.6) is 0 Å². The number of aryl methyl sites for hydroxylation is 1. The van der Waals surface area contributed by atoms with Gasteiger partial charge in [0.15, 0.2) is 5.13 Å². The zero-order valence-electron chi connectivity index (χ0n) is 11.6. The third-order valence-corrected chi connectivity index (χ3v) is 5.31. The minimum atomic E-state index is 0.146. The van der Waals surface area contributed by atoms with Gasteiger partial charge in [0.25, 0.3) is 0 Å². The van der Waals surface area contributed by atoms with Crippen molar-refractivity contribution in [1.82, 2.24) is 4.98 Å². The smallest absolute Gasteiger partial charge is 0.185 e. The Balaban J connectivity index is 1.67. The topological polar surface area (TPSA) is 51.4 Å². The Morgan fingerprint density at radius 3 is 3.00 bits per heavy atom. The molecule has 1 saturated heterocycles. The predicted molar refractivity (Wildman–Crippen MR) is 78.8 cm³/mol. The summed E-state index contributed by atoms with van der Waals surface area (Å²) in [7, 11) is 2.12. The van der Waals surface area contributed by atoms with E-state index in [1.54, 1.807) is 0 Å². The molecule has 4 nitrogen and oxygen atoms in total. The van der Waals surface area contributed by atoms with E-state index in [-0.39, 0.29) is 6.04 Å². The molecule has 0 amide bonds. The maximum Gasteiger partial charge on any atom is 0.185 e. The lowest BCUT2D eigenvalue weighted by Gasteiger charge is -2.27. The fourth-order valence-corrected chi connectivity index (χ4v) is 4.08. The SMILES string of the molecule is CN(CC1CCCCO1)c1nc2c(s1)CCCC2N. The number of aromatic nitrogens is 1. The minimum Gasteiger partial charge on any atom is -0.376 e. The molecule has 0 spiro atoms. The van der Waals surface area contributed by atoms with Crippen LogP contribution in [0.1, 0.15) is 48.7 Å². The quantitative estimate of drug-likeness (QED) is 0.925. The summed E-state index contributed by atoms with van der Waals surface area (Å²) < 4.78 is 5.80. The number of hydrogen-bond donors (Lipinski definition) is 1. The highest BCUT2D eigenvalue weighted by Gasteiger charge is 2.24. The molecule has 1 aliphatic heterocycles. The Labute approximate surface area is 119 Å². The molecule has 1 aliphatic carbocycles. The zero-order chi connectivity index (χ0) is 13.2. The Morgan fingerprint density at radius 2 is 2.26 bits per heavy atom. The molecule has 5 heteroatoms. The van der Waals surface area contributed by atoms with E-state index in [9.17, 15) is 0 Å². The standard InChI is InChI=1S/C14H23N3OS/c1-17(9-10-5-2-3-8-18-10)14-16-13-11(15)6-4-7-12(13)19-14/h10-11H,2-9,15H2,1H3. The fourth-order valence-electron chi connectivity index (χ4n) is 2.94. The van der Waals surface area contributed by atoms with E-state index >= 15 is 0 Å². The van der Waals surface area contributed by atoms with Crippen LogP contribution in [-0.2, 0) is 11.2 Å². The number of hydrogen-bond acceptors (Lipinski definition) is 5. The number of nitrogens with zero attached hydrogens (tertiary/aromatic N) is 2. The minimum absolute atomic E-state index is 0.146. The van der Waals surface area contributed by atoms with Crippen molar-refractivity contribution in [3.8, 4) is 0 Å². The molecule has 2 N–H and O–H groups in total. The molecular formula is C14H23N3OS. The van der Waals surface area contributed by atoms with Crippen LogP contribution in [0.4, 0.5) is 5.13 Å². The summed E-state index contributed by atoms with van der Waals surface area (Å²) in [4.78, 5) is 8.40. The molecular weight excluding hydrogens is 258 g/mol. The lowest BCUT2D eigenvalue weighted by atomic mass is 9.99. The van der Waals surface area contributed by atoms with Crippen LogP contribution in [0.2, 0.25) is 0 Å². The molecule has 1 fully saturated rings. The van der Waals surface area contributed by atoms with E-state index in [4.69, 9.17) is 15.5 Å². The number of fused-ring (bicyclic) bond motifs is 1. The van der Waals surface area contributed by atoms with Crippen molar-refractivity contribution in [3.63, 3.8) is 0 Å². The number of nitrogens with two attached hydrogens (primary N) is 1. The first-order chi connectivity index (χ1) is 9.24. The monoisotopic (exact) mass is 281 g/mol. The third kappa shape index (κ3) is 2.93. The van der Waals surface area contributed by atoms with Crippen LogP contribution < -0.4 is 10.6 Å². The van der Waals surface area contributed by atoms with Gasteiger partial charge in [0.2, 0.25) is 0 Å². The summed E-state index contributed by atoms with van der Waals surface area (Å²) in [5.74, 6) is 0. The highest BCUT2D eigenvalue weighted by molar-refractivity contribution is 7.15. The summed E-state index contributed by atoms with van der Waals surface area (Å²) in [6.07, 6.45) is 7.46. The molecule has 2 unspecified atom stereocenters. The van der Waals surface area contributed by atoms with Crippen LogP contribution >= 0.6 is 11.3 Å². The van der Waals surface area contributed by atoms with Crippen LogP contribution in [0.15, 0.2) is 0 Å². The molecule has 0 bridgehead atoms. The van der Waals surface area contributed by atoms with Crippen molar-refractivity contribution in [2.45, 2.75) is 50.7 Å². The molecule has 3 rings (SSSR count). The molecule has 0 saturated carbocycles. The van der Waals surface area contributed by atoms with E-state index in [0.717, 1.165) is 36.8 Å². The van der Waals surface area contributed by atoms with Gasteiger partial charge < -0.3 is 15.4 Å². The molecule has 0 radical (unpaired) electrons. The van der Waals surface area contributed by atoms with Crippen molar-refractivity contribution in [2.24, 2.45) is 5.73 Å². The number of likely N-dealkylation sites (N-methyl/N-ethyl adjacent to an activating group) is 1. The van der Waals surface area contributed by atoms with Gasteiger partial charge in [-0.1, -0.05) is 0 Å². The van der Waals surface area contributed by atoms with Gasteiger partial charge in [-0.25, -0.2) is 4.98 Å². The van der Waals surface area contributed by atoms with Gasteiger partial charge in [-0.3, -0.25) is 0 Å². The average Bonchev–Trinajstić information content (AvgIpc) is 2.85. The number of thiazole rings is 1. The van der Waals surface area contributed by atoms with E-state index in [1.807, 2.05) is 11.3 Å². The van der Waals surface area contributed by atoms with E-state index in [1.165, 1.54) is 30.6 Å². The van der Waals surface area contributed by atoms with Crippen molar-refractivity contribution in [1.29, 1.82) is 0 Å². The third-order valence-electron chi connectivity index (χ3n) is 4.06. The molecule has 1 aromatic rings. The molecule has 2 atom stereocenters. The average molecular weight is 281 g/mol. The van der Waals surface area contributed by atoms with Gasteiger partial charge >= 0.3 is 0 Å². The second kappa shape index (κ2) is 5.77. The van der Waals surface area contributed by atoms with E-state index in [2.05, 4.69) is 11.9 Å². The second-order valence-corrected chi connectivity index (χ2v) is 6.73. The first-order valence-corrected chi connectivity index (χ1v) is 8.13. The lowest BCUT2D eigenvalue weighted by molar-refractivity contribution is 0.0216. The maximum atomic E-state index is 6.15.